The molecule has 0 saturated carbocycles. The highest BCUT2D eigenvalue weighted by molar-refractivity contribution is 7.82. The first-order chi connectivity index (χ1) is 4.90. The van der Waals surface area contributed by atoms with Crippen LogP contribution < -0.4 is 5.73 Å². The summed E-state index contributed by atoms with van der Waals surface area (Å²) in [6.45, 7) is 3.38. The quantitative estimate of drug-likeness (QED) is 0.602. The minimum absolute atomic E-state index is 0.493. The van der Waals surface area contributed by atoms with E-state index in [1.165, 1.54) is 0 Å². The molecule has 6 heteroatoms. The van der Waals surface area contributed by atoms with Crippen molar-refractivity contribution < 1.29 is 16.8 Å². The zero-order valence-corrected chi connectivity index (χ0v) is 7.22. The topological polar surface area (TPSA) is 78.6 Å². The van der Waals surface area contributed by atoms with Gasteiger partial charge < -0.3 is 5.73 Å². The van der Waals surface area contributed by atoms with Crippen LogP contribution in [0.25, 0.3) is 0 Å². The zero-order valence-electron chi connectivity index (χ0n) is 6.40. The third-order valence-electron chi connectivity index (χ3n) is 1.82. The summed E-state index contributed by atoms with van der Waals surface area (Å²) < 4.78 is 30.4. The van der Waals surface area contributed by atoms with Gasteiger partial charge in [-0.05, 0) is 13.3 Å². The standard InChI is InChI=1S/C5H11NO4S/c1-3-5(2)4(6)9-11(7,8)10-5/h4H,3,6H2,1-2H3. The molecule has 0 aromatic carbocycles. The molecule has 1 rings (SSSR count). The van der Waals surface area contributed by atoms with E-state index >= 15 is 0 Å². The Morgan fingerprint density at radius 1 is 1.64 bits per heavy atom. The fourth-order valence-corrected chi connectivity index (χ4v) is 1.96. The number of rotatable bonds is 1. The smallest absolute Gasteiger partial charge is 0.302 e. The van der Waals surface area contributed by atoms with Crippen LogP contribution in [0.1, 0.15) is 20.3 Å². The van der Waals surface area contributed by atoms with Crippen LogP contribution in [-0.4, -0.2) is 20.2 Å². The monoisotopic (exact) mass is 181 g/mol. The summed E-state index contributed by atoms with van der Waals surface area (Å²) in [7, 11) is -3.84. The first-order valence-corrected chi connectivity index (χ1v) is 4.62. The Labute approximate surface area is 65.8 Å². The molecule has 0 radical (unpaired) electrons. The molecule has 1 fully saturated rings. The Bertz CT molecular complexity index is 249. The Hall–Kier alpha value is -0.170. The van der Waals surface area contributed by atoms with Crippen LogP contribution >= 0.6 is 0 Å². The molecule has 1 aliphatic rings. The Morgan fingerprint density at radius 3 is 2.36 bits per heavy atom. The molecule has 2 atom stereocenters. The maximum atomic E-state index is 10.7. The van der Waals surface area contributed by atoms with E-state index in [1.54, 1.807) is 13.8 Å². The van der Waals surface area contributed by atoms with E-state index in [9.17, 15) is 8.42 Å². The summed E-state index contributed by atoms with van der Waals surface area (Å²) in [4.78, 5) is 0. The predicted octanol–water partition coefficient (Wildman–Crippen LogP) is -0.268. The summed E-state index contributed by atoms with van der Waals surface area (Å²) in [5, 5.41) is 0. The average molecular weight is 181 g/mol. The minimum atomic E-state index is -3.84. The molecule has 2 N–H and O–H groups in total. The van der Waals surface area contributed by atoms with Crippen LogP contribution in [0.2, 0.25) is 0 Å². The van der Waals surface area contributed by atoms with Gasteiger partial charge in [-0.3, -0.25) is 0 Å². The van der Waals surface area contributed by atoms with Gasteiger partial charge in [0, 0.05) is 0 Å². The lowest BCUT2D eigenvalue weighted by molar-refractivity contribution is 0.0549. The van der Waals surface area contributed by atoms with Gasteiger partial charge in [0.1, 0.15) is 5.60 Å². The molecule has 1 saturated heterocycles. The molecule has 1 aliphatic heterocycles. The molecule has 0 aromatic heterocycles. The first-order valence-electron chi connectivity index (χ1n) is 3.29. The van der Waals surface area contributed by atoms with E-state index in [0.29, 0.717) is 6.42 Å². The second-order valence-electron chi connectivity index (χ2n) is 2.67. The molecule has 0 spiro atoms. The van der Waals surface area contributed by atoms with Gasteiger partial charge in [-0.25, -0.2) is 8.37 Å². The van der Waals surface area contributed by atoms with Gasteiger partial charge in [-0.1, -0.05) is 6.92 Å². The Balaban J connectivity index is 2.90. The lowest BCUT2D eigenvalue weighted by Gasteiger charge is -2.20. The van der Waals surface area contributed by atoms with Crippen molar-refractivity contribution in [2.75, 3.05) is 0 Å². The Morgan fingerprint density at radius 2 is 2.18 bits per heavy atom. The highest BCUT2D eigenvalue weighted by Crippen LogP contribution is 2.30. The van der Waals surface area contributed by atoms with Gasteiger partial charge in [0.15, 0.2) is 6.23 Å². The van der Waals surface area contributed by atoms with Crippen molar-refractivity contribution in [3.8, 4) is 0 Å². The number of hydrogen-bond donors (Lipinski definition) is 1. The molecule has 0 aromatic rings. The van der Waals surface area contributed by atoms with Crippen LogP contribution in [0.3, 0.4) is 0 Å². The first kappa shape index (κ1) is 8.92. The molecular formula is C5H11NO4S. The molecule has 66 valence electrons. The van der Waals surface area contributed by atoms with Gasteiger partial charge in [0.05, 0.1) is 0 Å². The fourth-order valence-electron chi connectivity index (χ4n) is 0.789. The minimum Gasteiger partial charge on any atom is -0.302 e. The van der Waals surface area contributed by atoms with Crippen LogP contribution in [0.4, 0.5) is 0 Å². The molecule has 11 heavy (non-hydrogen) atoms. The SMILES string of the molecule is CCC1(C)OS(=O)(=O)OC1N. The van der Waals surface area contributed by atoms with Gasteiger partial charge in [0.2, 0.25) is 0 Å². The summed E-state index contributed by atoms with van der Waals surface area (Å²) in [6.07, 6.45) is -0.398. The second-order valence-corrected chi connectivity index (χ2v) is 3.85. The summed E-state index contributed by atoms with van der Waals surface area (Å²) >= 11 is 0. The molecule has 0 amide bonds. The highest BCUT2D eigenvalue weighted by Gasteiger charge is 2.46. The van der Waals surface area contributed by atoms with E-state index in [-0.39, 0.29) is 0 Å². The third-order valence-corrected chi connectivity index (χ3v) is 2.85. The van der Waals surface area contributed by atoms with Crippen LogP contribution in [-0.2, 0) is 18.8 Å². The zero-order chi connectivity index (χ0) is 8.70. The summed E-state index contributed by atoms with van der Waals surface area (Å²) in [6, 6.07) is 0. The van der Waals surface area contributed by atoms with Crippen LogP contribution in [0, 0.1) is 0 Å². The molecule has 2 unspecified atom stereocenters. The van der Waals surface area contributed by atoms with Crippen molar-refractivity contribution in [1.29, 1.82) is 0 Å². The third kappa shape index (κ3) is 1.53. The summed E-state index contributed by atoms with van der Waals surface area (Å²) in [5.74, 6) is 0. The Kier molecular flexibility index (Phi) is 1.96. The molecule has 5 nitrogen and oxygen atoms in total. The lowest BCUT2D eigenvalue weighted by Crippen LogP contribution is -2.42. The van der Waals surface area contributed by atoms with Crippen molar-refractivity contribution in [3.05, 3.63) is 0 Å². The van der Waals surface area contributed by atoms with Crippen molar-refractivity contribution in [2.24, 2.45) is 5.73 Å². The maximum Gasteiger partial charge on any atom is 0.402 e. The average Bonchev–Trinajstić information content (AvgIpc) is 2.03. The van der Waals surface area contributed by atoms with Gasteiger partial charge >= 0.3 is 10.4 Å². The molecule has 1 heterocycles. The van der Waals surface area contributed by atoms with Crippen molar-refractivity contribution in [2.45, 2.75) is 32.1 Å². The maximum absolute atomic E-state index is 10.7. The van der Waals surface area contributed by atoms with Crippen LogP contribution in [0.15, 0.2) is 0 Å². The van der Waals surface area contributed by atoms with Crippen molar-refractivity contribution in [3.63, 3.8) is 0 Å². The highest BCUT2D eigenvalue weighted by atomic mass is 32.3. The van der Waals surface area contributed by atoms with E-state index in [4.69, 9.17) is 5.73 Å². The predicted molar refractivity (Wildman–Crippen MR) is 37.8 cm³/mol. The number of nitrogens with two attached hydrogens (primary N) is 1. The fraction of sp³-hybridized carbons (Fsp3) is 1.00. The van der Waals surface area contributed by atoms with Gasteiger partial charge in [-0.2, -0.15) is 8.42 Å². The van der Waals surface area contributed by atoms with Crippen LogP contribution in [0.5, 0.6) is 0 Å². The lowest BCUT2D eigenvalue weighted by atomic mass is 10.0. The van der Waals surface area contributed by atoms with Gasteiger partial charge in [0.25, 0.3) is 0 Å². The van der Waals surface area contributed by atoms with Crippen molar-refractivity contribution in [1.82, 2.24) is 0 Å². The van der Waals surface area contributed by atoms with Gasteiger partial charge in [-0.15, -0.1) is 0 Å². The van der Waals surface area contributed by atoms with E-state index in [0.717, 1.165) is 0 Å². The molecule has 0 bridgehead atoms. The molecule has 0 aliphatic carbocycles. The number of hydrogen-bond acceptors (Lipinski definition) is 5. The summed E-state index contributed by atoms with van der Waals surface area (Å²) in [5.41, 5.74) is 4.47. The van der Waals surface area contributed by atoms with Crippen molar-refractivity contribution >= 4 is 10.4 Å². The second kappa shape index (κ2) is 2.41. The van der Waals surface area contributed by atoms with E-state index < -0.39 is 22.2 Å². The van der Waals surface area contributed by atoms with E-state index in [2.05, 4.69) is 8.37 Å². The normalized spacial score (nSPS) is 42.6. The van der Waals surface area contributed by atoms with E-state index in [1.807, 2.05) is 0 Å². The molecular weight excluding hydrogens is 170 g/mol. The largest absolute Gasteiger partial charge is 0.402 e.